The molecule has 0 aliphatic carbocycles. The summed E-state index contributed by atoms with van der Waals surface area (Å²) >= 11 is 0. The Morgan fingerprint density at radius 3 is 2.48 bits per heavy atom. The van der Waals surface area contributed by atoms with Crippen molar-refractivity contribution >= 4 is 11.8 Å². The fraction of sp³-hybridized carbons (Fsp3) is 0.500. The van der Waals surface area contributed by atoms with Crippen molar-refractivity contribution in [1.82, 2.24) is 9.80 Å². The van der Waals surface area contributed by atoms with E-state index in [1.165, 1.54) is 0 Å². The molecular formula is C16H22N2O3. The molecule has 0 saturated carbocycles. The van der Waals surface area contributed by atoms with Crippen LogP contribution >= 0.6 is 0 Å². The van der Waals surface area contributed by atoms with E-state index in [0.717, 1.165) is 13.0 Å². The van der Waals surface area contributed by atoms with Crippen LogP contribution in [0.2, 0.25) is 0 Å². The average molecular weight is 290 g/mol. The van der Waals surface area contributed by atoms with Crippen LogP contribution in [-0.4, -0.2) is 54.9 Å². The number of methoxy groups -OCH3 is 1. The second-order valence-corrected chi connectivity index (χ2v) is 5.08. The number of amides is 2. The summed E-state index contributed by atoms with van der Waals surface area (Å²) in [5.74, 6) is 0.716. The molecule has 1 aliphatic heterocycles. The highest BCUT2D eigenvalue weighted by molar-refractivity contribution is 5.97. The predicted octanol–water partition coefficient (Wildman–Crippen LogP) is 1.78. The molecule has 1 aliphatic rings. The van der Waals surface area contributed by atoms with Gasteiger partial charge in [-0.15, -0.1) is 0 Å². The summed E-state index contributed by atoms with van der Waals surface area (Å²) in [7, 11) is 1.57. The zero-order valence-electron chi connectivity index (χ0n) is 12.7. The normalized spacial score (nSPS) is 15.5. The van der Waals surface area contributed by atoms with Crippen LogP contribution in [0.4, 0.5) is 0 Å². The third-order valence-corrected chi connectivity index (χ3v) is 3.78. The van der Waals surface area contributed by atoms with E-state index in [1.807, 2.05) is 24.0 Å². The van der Waals surface area contributed by atoms with E-state index in [1.54, 1.807) is 24.1 Å². The van der Waals surface area contributed by atoms with E-state index < -0.39 is 0 Å². The van der Waals surface area contributed by atoms with Crippen molar-refractivity contribution in [2.75, 3.05) is 33.3 Å². The minimum atomic E-state index is -0.0294. The summed E-state index contributed by atoms with van der Waals surface area (Å²) < 4.78 is 5.25. The number of carbonyl (C=O) groups is 2. The molecule has 0 spiro atoms. The molecule has 2 amide bonds. The van der Waals surface area contributed by atoms with Gasteiger partial charge in [0.15, 0.2) is 0 Å². The summed E-state index contributed by atoms with van der Waals surface area (Å²) in [4.78, 5) is 28.0. The van der Waals surface area contributed by atoms with Gasteiger partial charge in [0.1, 0.15) is 5.75 Å². The van der Waals surface area contributed by atoms with Crippen LogP contribution in [0.3, 0.4) is 0 Å². The number of ether oxygens (including phenoxy) is 1. The first-order valence-electron chi connectivity index (χ1n) is 7.37. The second-order valence-electron chi connectivity index (χ2n) is 5.08. The molecule has 5 nitrogen and oxygen atoms in total. The molecule has 0 radical (unpaired) electrons. The molecule has 1 aromatic rings. The second kappa shape index (κ2) is 7.11. The van der Waals surface area contributed by atoms with Gasteiger partial charge in [-0.1, -0.05) is 19.1 Å². The Bertz CT molecular complexity index is 516. The molecule has 5 heteroatoms. The first-order valence-corrected chi connectivity index (χ1v) is 7.37. The number of rotatable bonds is 3. The monoisotopic (exact) mass is 290 g/mol. The maximum atomic E-state index is 12.6. The van der Waals surface area contributed by atoms with E-state index in [-0.39, 0.29) is 11.8 Å². The molecule has 21 heavy (non-hydrogen) atoms. The third-order valence-electron chi connectivity index (χ3n) is 3.78. The molecule has 1 fully saturated rings. The van der Waals surface area contributed by atoms with Crippen molar-refractivity contribution in [3.63, 3.8) is 0 Å². The highest BCUT2D eigenvalue weighted by atomic mass is 16.5. The van der Waals surface area contributed by atoms with Gasteiger partial charge in [0.25, 0.3) is 5.91 Å². The van der Waals surface area contributed by atoms with Gasteiger partial charge in [-0.3, -0.25) is 9.59 Å². The Balaban J connectivity index is 2.08. The van der Waals surface area contributed by atoms with Crippen molar-refractivity contribution in [3.8, 4) is 5.75 Å². The molecule has 0 N–H and O–H groups in total. The number of hydrogen-bond acceptors (Lipinski definition) is 3. The first-order chi connectivity index (χ1) is 10.2. The van der Waals surface area contributed by atoms with Crippen molar-refractivity contribution in [3.05, 3.63) is 29.8 Å². The van der Waals surface area contributed by atoms with Crippen LogP contribution in [0, 0.1) is 0 Å². The summed E-state index contributed by atoms with van der Waals surface area (Å²) in [5, 5.41) is 0. The van der Waals surface area contributed by atoms with Gasteiger partial charge in [-0.05, 0) is 18.6 Å². The minimum absolute atomic E-state index is 0.0294. The molecule has 2 rings (SSSR count). The van der Waals surface area contributed by atoms with Crippen molar-refractivity contribution in [2.24, 2.45) is 0 Å². The lowest BCUT2D eigenvalue weighted by molar-refractivity contribution is -0.130. The van der Waals surface area contributed by atoms with E-state index in [4.69, 9.17) is 4.74 Å². The molecular weight excluding hydrogens is 268 g/mol. The van der Waals surface area contributed by atoms with E-state index in [0.29, 0.717) is 37.4 Å². The quantitative estimate of drug-likeness (QED) is 0.852. The number of nitrogens with zero attached hydrogens (tertiary/aromatic N) is 2. The number of para-hydroxylation sites is 1. The minimum Gasteiger partial charge on any atom is -0.496 e. The predicted molar refractivity (Wildman–Crippen MR) is 80.4 cm³/mol. The van der Waals surface area contributed by atoms with Gasteiger partial charge in [0.05, 0.1) is 12.7 Å². The van der Waals surface area contributed by atoms with Crippen LogP contribution in [0.5, 0.6) is 5.75 Å². The summed E-state index contributed by atoms with van der Waals surface area (Å²) in [6.45, 7) is 4.44. The Kier molecular flexibility index (Phi) is 5.20. The van der Waals surface area contributed by atoms with Gasteiger partial charge >= 0.3 is 0 Å². The Labute approximate surface area is 125 Å². The SMILES string of the molecule is CCC(=O)N1CCCN(C(=O)c2ccccc2OC)CC1. The largest absolute Gasteiger partial charge is 0.496 e. The zero-order valence-corrected chi connectivity index (χ0v) is 12.7. The highest BCUT2D eigenvalue weighted by Gasteiger charge is 2.23. The Hall–Kier alpha value is -2.04. The van der Waals surface area contributed by atoms with Crippen molar-refractivity contribution < 1.29 is 14.3 Å². The van der Waals surface area contributed by atoms with Crippen LogP contribution in [0.25, 0.3) is 0 Å². The number of hydrogen-bond donors (Lipinski definition) is 0. The number of carbonyl (C=O) groups excluding carboxylic acids is 2. The Morgan fingerprint density at radius 2 is 1.76 bits per heavy atom. The van der Waals surface area contributed by atoms with Crippen LogP contribution in [-0.2, 0) is 4.79 Å². The molecule has 0 aromatic heterocycles. The molecule has 0 atom stereocenters. The molecule has 1 saturated heterocycles. The Morgan fingerprint density at radius 1 is 1.10 bits per heavy atom. The van der Waals surface area contributed by atoms with E-state index in [2.05, 4.69) is 0 Å². The van der Waals surface area contributed by atoms with E-state index >= 15 is 0 Å². The van der Waals surface area contributed by atoms with Gasteiger partial charge in [0, 0.05) is 32.6 Å². The highest BCUT2D eigenvalue weighted by Crippen LogP contribution is 2.20. The van der Waals surface area contributed by atoms with E-state index in [9.17, 15) is 9.59 Å². The number of benzene rings is 1. The van der Waals surface area contributed by atoms with Crippen molar-refractivity contribution in [1.29, 1.82) is 0 Å². The van der Waals surface area contributed by atoms with Gasteiger partial charge in [-0.2, -0.15) is 0 Å². The van der Waals surface area contributed by atoms with Gasteiger partial charge in [-0.25, -0.2) is 0 Å². The smallest absolute Gasteiger partial charge is 0.257 e. The molecule has 0 unspecified atom stereocenters. The zero-order chi connectivity index (χ0) is 15.2. The lowest BCUT2D eigenvalue weighted by Crippen LogP contribution is -2.37. The lowest BCUT2D eigenvalue weighted by Gasteiger charge is -2.22. The fourth-order valence-electron chi connectivity index (χ4n) is 2.59. The third kappa shape index (κ3) is 3.54. The van der Waals surface area contributed by atoms with Gasteiger partial charge in [0.2, 0.25) is 5.91 Å². The molecule has 1 aromatic carbocycles. The molecule has 0 bridgehead atoms. The van der Waals surface area contributed by atoms with Crippen LogP contribution < -0.4 is 4.74 Å². The lowest BCUT2D eigenvalue weighted by atomic mass is 10.1. The van der Waals surface area contributed by atoms with Crippen molar-refractivity contribution in [2.45, 2.75) is 19.8 Å². The molecule has 1 heterocycles. The summed E-state index contributed by atoms with van der Waals surface area (Å²) in [6, 6.07) is 7.25. The fourth-order valence-corrected chi connectivity index (χ4v) is 2.59. The van der Waals surface area contributed by atoms with Gasteiger partial charge < -0.3 is 14.5 Å². The topological polar surface area (TPSA) is 49.9 Å². The summed E-state index contributed by atoms with van der Waals surface area (Å²) in [6.07, 6.45) is 1.33. The summed E-state index contributed by atoms with van der Waals surface area (Å²) in [5.41, 5.74) is 0.579. The standard InChI is InChI=1S/C16H22N2O3/c1-3-15(19)17-9-6-10-18(12-11-17)16(20)13-7-4-5-8-14(13)21-2/h4-5,7-8H,3,6,9-12H2,1-2H3. The van der Waals surface area contributed by atoms with Crippen LogP contribution in [0.1, 0.15) is 30.1 Å². The van der Waals surface area contributed by atoms with Crippen LogP contribution in [0.15, 0.2) is 24.3 Å². The maximum Gasteiger partial charge on any atom is 0.257 e. The maximum absolute atomic E-state index is 12.6. The first kappa shape index (κ1) is 15.4. The average Bonchev–Trinajstić information content (AvgIpc) is 2.79. The molecule has 114 valence electrons.